The smallest absolute Gasteiger partial charge is 0.253 e. The topological polar surface area (TPSA) is 67.4 Å². The van der Waals surface area contributed by atoms with Gasteiger partial charge in [0, 0.05) is 24.7 Å². The number of amides is 1. The maximum absolute atomic E-state index is 12.4. The number of anilines is 1. The van der Waals surface area contributed by atoms with Crippen molar-refractivity contribution in [2.24, 2.45) is 5.92 Å². The number of carbonyl (C=O) groups excluding carboxylic acids is 1. The Kier molecular flexibility index (Phi) is 4.78. The lowest BCUT2D eigenvalue weighted by molar-refractivity contribution is -0.127. The maximum atomic E-state index is 12.4. The highest BCUT2D eigenvalue weighted by atomic mass is 32.1. The Morgan fingerprint density at radius 2 is 2.44 bits per heavy atom. The number of rotatable bonds is 4. The molecule has 0 radical (unpaired) electrons. The van der Waals surface area contributed by atoms with E-state index in [-0.39, 0.29) is 18.1 Å². The summed E-state index contributed by atoms with van der Waals surface area (Å²) in [4.78, 5) is 23.4. The van der Waals surface area contributed by atoms with E-state index in [1.165, 1.54) is 0 Å². The van der Waals surface area contributed by atoms with Crippen LogP contribution in [0.1, 0.15) is 23.5 Å². The Labute approximate surface area is 151 Å². The number of hydrogen-bond acceptors (Lipinski definition) is 6. The third-order valence-corrected chi connectivity index (χ3v) is 5.73. The summed E-state index contributed by atoms with van der Waals surface area (Å²) < 4.78 is 6.08. The fraction of sp³-hybridized carbons (Fsp3) is 0.500. The molecule has 4 rings (SSSR count). The first-order valence-corrected chi connectivity index (χ1v) is 9.55. The summed E-state index contributed by atoms with van der Waals surface area (Å²) in [5.41, 5.74) is 1.84. The zero-order valence-corrected chi connectivity index (χ0v) is 15.0. The molecule has 0 aromatic carbocycles. The second-order valence-corrected chi connectivity index (χ2v) is 7.83. The number of nitrogens with one attached hydrogen (secondary N) is 1. The summed E-state index contributed by atoms with van der Waals surface area (Å²) >= 11 is 1.69. The van der Waals surface area contributed by atoms with Crippen molar-refractivity contribution in [3.05, 3.63) is 40.6 Å². The molecule has 132 valence electrons. The van der Waals surface area contributed by atoms with E-state index in [2.05, 4.69) is 25.6 Å². The molecule has 1 N–H and O–H groups in total. The summed E-state index contributed by atoms with van der Waals surface area (Å²) in [6, 6.07) is 3.65. The minimum absolute atomic E-state index is 0.0657. The first-order chi connectivity index (χ1) is 12.2. The van der Waals surface area contributed by atoms with Crippen molar-refractivity contribution in [2.75, 3.05) is 18.4 Å². The summed E-state index contributed by atoms with van der Waals surface area (Å²) in [7, 11) is 0. The fourth-order valence-corrected chi connectivity index (χ4v) is 4.28. The number of carbonyl (C=O) groups is 1. The predicted octanol–water partition coefficient (Wildman–Crippen LogP) is 2.46. The van der Waals surface area contributed by atoms with E-state index in [4.69, 9.17) is 4.74 Å². The monoisotopic (exact) mass is 358 g/mol. The number of aromatic nitrogens is 2. The number of pyridine rings is 1. The minimum atomic E-state index is -0.364. The van der Waals surface area contributed by atoms with Crippen LogP contribution in [0.25, 0.3) is 0 Å². The Morgan fingerprint density at radius 3 is 3.20 bits per heavy atom. The quantitative estimate of drug-likeness (QED) is 0.909. The molecule has 2 aliphatic heterocycles. The lowest BCUT2D eigenvalue weighted by Gasteiger charge is -2.33. The van der Waals surface area contributed by atoms with Crippen LogP contribution in [0.2, 0.25) is 0 Å². The van der Waals surface area contributed by atoms with Crippen LogP contribution < -0.4 is 5.32 Å². The SMILES string of the molecule is Cc1nc(CN2CC[C@H]3C[C@H](C(=O)Nc4cccnc4)O[C@H]3C2)cs1. The van der Waals surface area contributed by atoms with Crippen LogP contribution in [0.5, 0.6) is 0 Å². The largest absolute Gasteiger partial charge is 0.364 e. The van der Waals surface area contributed by atoms with Gasteiger partial charge < -0.3 is 10.1 Å². The lowest BCUT2D eigenvalue weighted by Crippen LogP contribution is -2.42. The zero-order chi connectivity index (χ0) is 17.2. The first kappa shape index (κ1) is 16.6. The molecule has 0 unspecified atom stereocenters. The maximum Gasteiger partial charge on any atom is 0.253 e. The molecular weight excluding hydrogens is 336 g/mol. The van der Waals surface area contributed by atoms with Gasteiger partial charge in [0.2, 0.25) is 0 Å². The van der Waals surface area contributed by atoms with Gasteiger partial charge in [-0.1, -0.05) is 0 Å². The van der Waals surface area contributed by atoms with Crippen LogP contribution in [0.4, 0.5) is 5.69 Å². The number of likely N-dealkylation sites (tertiary alicyclic amines) is 1. The highest BCUT2D eigenvalue weighted by Crippen LogP contribution is 2.34. The third-order valence-electron chi connectivity index (χ3n) is 4.91. The fourth-order valence-electron chi connectivity index (χ4n) is 3.68. The highest BCUT2D eigenvalue weighted by molar-refractivity contribution is 7.09. The standard InChI is InChI=1S/C18H22N4O2S/c1-12-20-15(11-25-12)9-22-6-4-13-7-16(24-17(13)10-22)18(23)21-14-3-2-5-19-8-14/h2-3,5,8,11,13,16-17H,4,6-7,9-10H2,1H3,(H,21,23)/t13-,16+,17-/m0/s1. The Balaban J connectivity index is 1.33. The summed E-state index contributed by atoms with van der Waals surface area (Å²) in [5, 5.41) is 6.13. The molecule has 0 bridgehead atoms. The van der Waals surface area contributed by atoms with Crippen molar-refractivity contribution in [1.82, 2.24) is 14.9 Å². The summed E-state index contributed by atoms with van der Waals surface area (Å²) in [6.45, 7) is 4.81. The number of thiazole rings is 1. The number of hydrogen-bond donors (Lipinski definition) is 1. The van der Waals surface area contributed by atoms with Gasteiger partial charge in [-0.3, -0.25) is 14.7 Å². The third kappa shape index (κ3) is 3.89. The van der Waals surface area contributed by atoms with Crippen molar-refractivity contribution >= 4 is 22.9 Å². The minimum Gasteiger partial charge on any atom is -0.364 e. The van der Waals surface area contributed by atoms with Gasteiger partial charge in [0.1, 0.15) is 6.10 Å². The normalized spacial score (nSPS) is 26.4. The molecule has 1 amide bonds. The lowest BCUT2D eigenvalue weighted by atomic mass is 9.91. The molecule has 6 nitrogen and oxygen atoms in total. The number of piperidine rings is 1. The molecule has 25 heavy (non-hydrogen) atoms. The van der Waals surface area contributed by atoms with Gasteiger partial charge in [0.15, 0.2) is 0 Å². The molecule has 2 aromatic rings. The van der Waals surface area contributed by atoms with E-state index < -0.39 is 0 Å². The van der Waals surface area contributed by atoms with E-state index in [0.717, 1.165) is 43.2 Å². The molecule has 2 saturated heterocycles. The first-order valence-electron chi connectivity index (χ1n) is 8.67. The van der Waals surface area contributed by atoms with Gasteiger partial charge >= 0.3 is 0 Å². The molecule has 0 spiro atoms. The molecule has 2 aromatic heterocycles. The van der Waals surface area contributed by atoms with Crippen LogP contribution in [-0.4, -0.2) is 46.1 Å². The molecule has 2 fully saturated rings. The van der Waals surface area contributed by atoms with E-state index in [1.807, 2.05) is 19.1 Å². The van der Waals surface area contributed by atoms with Gasteiger partial charge in [-0.25, -0.2) is 4.98 Å². The van der Waals surface area contributed by atoms with Crippen molar-refractivity contribution in [1.29, 1.82) is 0 Å². The van der Waals surface area contributed by atoms with Gasteiger partial charge in [0.05, 0.1) is 28.7 Å². The van der Waals surface area contributed by atoms with Crippen LogP contribution in [-0.2, 0) is 16.1 Å². The summed E-state index contributed by atoms with van der Waals surface area (Å²) in [5.74, 6) is 0.405. The van der Waals surface area contributed by atoms with Crippen molar-refractivity contribution < 1.29 is 9.53 Å². The van der Waals surface area contributed by atoms with Crippen LogP contribution in [0.15, 0.2) is 29.9 Å². The molecule has 3 atom stereocenters. The second kappa shape index (κ2) is 7.19. The van der Waals surface area contributed by atoms with E-state index in [1.54, 1.807) is 23.7 Å². The summed E-state index contributed by atoms with van der Waals surface area (Å²) in [6.07, 6.45) is 4.99. The predicted molar refractivity (Wildman–Crippen MR) is 96.4 cm³/mol. The molecule has 4 heterocycles. The molecule has 2 aliphatic rings. The average molecular weight is 358 g/mol. The highest BCUT2D eigenvalue weighted by Gasteiger charge is 2.41. The molecule has 0 aliphatic carbocycles. The molecular formula is C18H22N4O2S. The average Bonchev–Trinajstić information content (AvgIpc) is 3.21. The zero-order valence-electron chi connectivity index (χ0n) is 14.2. The van der Waals surface area contributed by atoms with Crippen molar-refractivity contribution in [2.45, 2.75) is 38.5 Å². The van der Waals surface area contributed by atoms with Crippen LogP contribution >= 0.6 is 11.3 Å². The van der Waals surface area contributed by atoms with Crippen LogP contribution in [0.3, 0.4) is 0 Å². The molecule has 7 heteroatoms. The van der Waals surface area contributed by atoms with Gasteiger partial charge in [-0.2, -0.15) is 0 Å². The van der Waals surface area contributed by atoms with Gasteiger partial charge in [-0.15, -0.1) is 11.3 Å². The van der Waals surface area contributed by atoms with E-state index >= 15 is 0 Å². The van der Waals surface area contributed by atoms with Crippen LogP contribution in [0, 0.1) is 12.8 Å². The van der Waals surface area contributed by atoms with Crippen molar-refractivity contribution in [3.63, 3.8) is 0 Å². The second-order valence-electron chi connectivity index (χ2n) is 6.77. The number of fused-ring (bicyclic) bond motifs is 1. The number of aryl methyl sites for hydroxylation is 1. The van der Waals surface area contributed by atoms with Crippen molar-refractivity contribution in [3.8, 4) is 0 Å². The Bertz CT molecular complexity index is 736. The molecule has 0 saturated carbocycles. The van der Waals surface area contributed by atoms with E-state index in [9.17, 15) is 4.79 Å². The number of ether oxygens (including phenoxy) is 1. The van der Waals surface area contributed by atoms with E-state index in [0.29, 0.717) is 11.6 Å². The van der Waals surface area contributed by atoms with Gasteiger partial charge in [-0.05, 0) is 44.4 Å². The Morgan fingerprint density at radius 1 is 1.52 bits per heavy atom. The Hall–Kier alpha value is -1.83. The van der Waals surface area contributed by atoms with Gasteiger partial charge in [0.25, 0.3) is 5.91 Å². The number of nitrogens with zero attached hydrogens (tertiary/aromatic N) is 3.